The van der Waals surface area contributed by atoms with E-state index in [0.29, 0.717) is 26.1 Å². The SMILES string of the molecule is COc1cccc(F)c1C(=O)C1CC2COCC(C1)N2C(=O)OC(C)(C)C. The molecule has 0 N–H and O–H groups in total. The Balaban J connectivity index is 1.81. The van der Waals surface area contributed by atoms with Crippen LogP contribution in [0.3, 0.4) is 0 Å². The van der Waals surface area contributed by atoms with Gasteiger partial charge in [-0.05, 0) is 45.7 Å². The first-order chi connectivity index (χ1) is 12.7. The lowest BCUT2D eigenvalue weighted by molar-refractivity contribution is -0.0861. The summed E-state index contributed by atoms with van der Waals surface area (Å²) >= 11 is 0. The van der Waals surface area contributed by atoms with Gasteiger partial charge in [0.15, 0.2) is 5.78 Å². The maximum atomic E-state index is 14.3. The predicted octanol–water partition coefficient (Wildman–Crippen LogP) is 3.43. The Hall–Kier alpha value is -2.15. The summed E-state index contributed by atoms with van der Waals surface area (Å²) in [6.45, 7) is 6.13. The summed E-state index contributed by atoms with van der Waals surface area (Å²) in [5.41, 5.74) is -0.617. The highest BCUT2D eigenvalue weighted by Crippen LogP contribution is 2.36. The van der Waals surface area contributed by atoms with Crippen molar-refractivity contribution in [2.45, 2.75) is 51.3 Å². The number of piperidine rings is 1. The molecular formula is C20H26FNO5. The summed E-state index contributed by atoms with van der Waals surface area (Å²) in [6.07, 6.45) is 0.424. The summed E-state index contributed by atoms with van der Waals surface area (Å²) < 4.78 is 30.6. The molecule has 2 aliphatic rings. The van der Waals surface area contributed by atoms with E-state index >= 15 is 0 Å². The Morgan fingerprint density at radius 3 is 2.37 bits per heavy atom. The van der Waals surface area contributed by atoms with E-state index in [4.69, 9.17) is 14.2 Å². The molecule has 0 spiro atoms. The van der Waals surface area contributed by atoms with Crippen molar-refractivity contribution in [2.24, 2.45) is 5.92 Å². The Kier molecular flexibility index (Phi) is 5.42. The van der Waals surface area contributed by atoms with E-state index < -0.39 is 23.4 Å². The third-order valence-corrected chi connectivity index (χ3v) is 4.94. The van der Waals surface area contributed by atoms with Crippen LogP contribution in [0.1, 0.15) is 44.0 Å². The Labute approximate surface area is 158 Å². The van der Waals surface area contributed by atoms with Crippen molar-refractivity contribution in [3.63, 3.8) is 0 Å². The molecule has 6 nitrogen and oxygen atoms in total. The number of morpholine rings is 1. The summed E-state index contributed by atoms with van der Waals surface area (Å²) in [5.74, 6) is -1.04. The van der Waals surface area contributed by atoms with Gasteiger partial charge in [-0.2, -0.15) is 0 Å². The molecule has 7 heteroatoms. The number of fused-ring (bicyclic) bond motifs is 2. The highest BCUT2D eigenvalue weighted by atomic mass is 19.1. The Bertz CT molecular complexity index is 716. The van der Waals surface area contributed by atoms with Gasteiger partial charge in [0, 0.05) is 5.92 Å². The van der Waals surface area contributed by atoms with Gasteiger partial charge in [0.05, 0.1) is 38.0 Å². The molecule has 2 atom stereocenters. The predicted molar refractivity (Wildman–Crippen MR) is 96.5 cm³/mol. The fourth-order valence-electron chi connectivity index (χ4n) is 3.86. The van der Waals surface area contributed by atoms with Gasteiger partial charge in [0.25, 0.3) is 0 Å². The minimum Gasteiger partial charge on any atom is -0.496 e. The molecule has 0 radical (unpaired) electrons. The van der Waals surface area contributed by atoms with Crippen LogP contribution in [0, 0.1) is 11.7 Å². The number of rotatable bonds is 3. The lowest BCUT2D eigenvalue weighted by Crippen LogP contribution is -2.60. The van der Waals surface area contributed by atoms with Crippen molar-refractivity contribution in [2.75, 3.05) is 20.3 Å². The number of Topliss-reactive ketones (excluding diaryl/α,β-unsaturated/α-hetero) is 1. The van der Waals surface area contributed by atoms with Crippen molar-refractivity contribution < 1.29 is 28.2 Å². The average molecular weight is 379 g/mol. The number of nitrogens with zero attached hydrogens (tertiary/aromatic N) is 1. The fourth-order valence-corrected chi connectivity index (χ4v) is 3.86. The molecule has 1 aromatic rings. The van der Waals surface area contributed by atoms with Crippen LogP contribution in [0.5, 0.6) is 5.75 Å². The van der Waals surface area contributed by atoms with Gasteiger partial charge in [-0.1, -0.05) is 6.07 Å². The van der Waals surface area contributed by atoms with Crippen LogP contribution >= 0.6 is 0 Å². The summed E-state index contributed by atoms with van der Waals surface area (Å²) in [7, 11) is 1.42. The monoisotopic (exact) mass is 379 g/mol. The molecule has 1 amide bonds. The minimum absolute atomic E-state index is 0.0188. The van der Waals surface area contributed by atoms with Crippen LogP contribution in [-0.2, 0) is 9.47 Å². The number of methoxy groups -OCH3 is 1. The largest absolute Gasteiger partial charge is 0.496 e. The second kappa shape index (κ2) is 7.46. The van der Waals surface area contributed by atoms with Crippen LogP contribution in [0.4, 0.5) is 9.18 Å². The first-order valence-electron chi connectivity index (χ1n) is 9.17. The number of amides is 1. The van der Waals surface area contributed by atoms with Crippen LogP contribution in [0.2, 0.25) is 0 Å². The molecular weight excluding hydrogens is 353 g/mol. The summed E-state index contributed by atoms with van der Waals surface area (Å²) in [5, 5.41) is 0. The van der Waals surface area contributed by atoms with E-state index in [1.165, 1.54) is 19.2 Å². The number of ether oxygens (including phenoxy) is 3. The number of ketones is 1. The summed E-state index contributed by atoms with van der Waals surface area (Å²) in [4.78, 5) is 27.3. The fraction of sp³-hybridized carbons (Fsp3) is 0.600. The first-order valence-corrected chi connectivity index (χ1v) is 9.17. The minimum atomic E-state index is -0.598. The lowest BCUT2D eigenvalue weighted by atomic mass is 9.80. The molecule has 0 aromatic heterocycles. The van der Waals surface area contributed by atoms with Crippen molar-refractivity contribution in [3.05, 3.63) is 29.6 Å². The zero-order chi connectivity index (χ0) is 19.8. The lowest BCUT2D eigenvalue weighted by Gasteiger charge is -2.47. The number of hydrogen-bond donors (Lipinski definition) is 0. The van der Waals surface area contributed by atoms with Gasteiger partial charge >= 0.3 is 6.09 Å². The molecule has 2 aliphatic heterocycles. The molecule has 2 heterocycles. The number of carbonyl (C=O) groups excluding carboxylic acids is 2. The van der Waals surface area contributed by atoms with Gasteiger partial charge in [-0.25, -0.2) is 9.18 Å². The molecule has 2 bridgehead atoms. The second-order valence-electron chi connectivity index (χ2n) is 8.08. The van der Waals surface area contributed by atoms with Crippen LogP contribution in [-0.4, -0.2) is 54.8 Å². The number of hydrogen-bond acceptors (Lipinski definition) is 5. The highest BCUT2D eigenvalue weighted by molar-refractivity contribution is 6.00. The highest BCUT2D eigenvalue weighted by Gasteiger charge is 2.45. The van der Waals surface area contributed by atoms with E-state index in [2.05, 4.69) is 0 Å². The molecule has 2 unspecified atom stereocenters. The average Bonchev–Trinajstić information content (AvgIpc) is 2.58. The smallest absolute Gasteiger partial charge is 0.410 e. The molecule has 3 rings (SSSR count). The van der Waals surface area contributed by atoms with Crippen molar-refractivity contribution >= 4 is 11.9 Å². The number of benzene rings is 1. The van der Waals surface area contributed by atoms with Gasteiger partial charge in [0.1, 0.15) is 17.2 Å². The molecule has 1 aromatic carbocycles. The first kappa shape index (κ1) is 19.6. The van der Waals surface area contributed by atoms with Crippen LogP contribution in [0.25, 0.3) is 0 Å². The number of carbonyl (C=O) groups is 2. The van der Waals surface area contributed by atoms with Crippen molar-refractivity contribution in [1.29, 1.82) is 0 Å². The molecule has 0 aliphatic carbocycles. The van der Waals surface area contributed by atoms with Gasteiger partial charge in [0.2, 0.25) is 0 Å². The molecule has 0 saturated carbocycles. The van der Waals surface area contributed by atoms with Crippen LogP contribution in [0.15, 0.2) is 18.2 Å². The van der Waals surface area contributed by atoms with E-state index in [1.807, 2.05) is 20.8 Å². The molecule has 2 fully saturated rings. The number of halogens is 1. The molecule has 148 valence electrons. The third-order valence-electron chi connectivity index (χ3n) is 4.94. The van der Waals surface area contributed by atoms with E-state index in [9.17, 15) is 14.0 Å². The van der Waals surface area contributed by atoms with Crippen molar-refractivity contribution in [3.8, 4) is 5.75 Å². The Morgan fingerprint density at radius 1 is 1.19 bits per heavy atom. The third kappa shape index (κ3) is 4.08. The van der Waals surface area contributed by atoms with Gasteiger partial charge in [-0.15, -0.1) is 0 Å². The van der Waals surface area contributed by atoms with Gasteiger partial charge in [-0.3, -0.25) is 9.69 Å². The standard InChI is InChI=1S/C20H26FNO5/c1-20(2,3)27-19(24)22-13-8-12(9-14(22)11-26-10-13)18(23)17-15(21)6-5-7-16(17)25-4/h5-7,12-14H,8-11H2,1-4H3. The summed E-state index contributed by atoms with van der Waals surface area (Å²) in [6, 6.07) is 3.82. The van der Waals surface area contributed by atoms with Crippen molar-refractivity contribution in [1.82, 2.24) is 4.90 Å². The zero-order valence-corrected chi connectivity index (χ0v) is 16.2. The molecule has 27 heavy (non-hydrogen) atoms. The maximum Gasteiger partial charge on any atom is 0.410 e. The van der Waals surface area contributed by atoms with E-state index in [1.54, 1.807) is 11.0 Å². The van der Waals surface area contributed by atoms with E-state index in [-0.39, 0.29) is 29.2 Å². The maximum absolute atomic E-state index is 14.3. The Morgan fingerprint density at radius 2 is 1.81 bits per heavy atom. The van der Waals surface area contributed by atoms with Gasteiger partial charge < -0.3 is 14.2 Å². The zero-order valence-electron chi connectivity index (χ0n) is 16.2. The second-order valence-corrected chi connectivity index (χ2v) is 8.08. The van der Waals surface area contributed by atoms with E-state index in [0.717, 1.165) is 0 Å². The quantitative estimate of drug-likeness (QED) is 0.753. The van der Waals surface area contributed by atoms with Crippen LogP contribution < -0.4 is 4.74 Å². The normalized spacial score (nSPS) is 25.1. The molecule has 2 saturated heterocycles. The topological polar surface area (TPSA) is 65.1 Å².